The lowest BCUT2D eigenvalue weighted by molar-refractivity contribution is -0.131. The Hall–Kier alpha value is -1.39. The third kappa shape index (κ3) is 3.81. The fraction of sp³-hybridized carbons (Fsp3) is 0.650. The topological polar surface area (TPSA) is 41.6 Å². The summed E-state index contributed by atoms with van der Waals surface area (Å²) in [6.07, 6.45) is 5.08. The summed E-state index contributed by atoms with van der Waals surface area (Å²) in [5.74, 6) is 0.183. The van der Waals surface area contributed by atoms with Crippen molar-refractivity contribution in [3.8, 4) is 0 Å². The van der Waals surface area contributed by atoms with Crippen molar-refractivity contribution in [2.24, 2.45) is 0 Å². The lowest BCUT2D eigenvalue weighted by Gasteiger charge is -2.38. The molecule has 3 rings (SSSR count). The first kappa shape index (κ1) is 17.4. The standard InChI is InChI=1S/C20H30N2O2/c1-2-18(16-22-12-6-7-13-22)21-19(23)20(10-14-24-15-11-20)17-8-4-3-5-9-17/h3-5,8-9,18H,2,6-7,10-16H2,1H3,(H,21,23)/t18-/m0/s1. The molecular formula is C20H30N2O2. The van der Waals surface area contributed by atoms with E-state index in [1.165, 1.54) is 25.9 Å². The van der Waals surface area contributed by atoms with Gasteiger partial charge in [0.25, 0.3) is 0 Å². The number of rotatable bonds is 6. The molecule has 0 radical (unpaired) electrons. The van der Waals surface area contributed by atoms with E-state index in [4.69, 9.17) is 4.74 Å². The minimum Gasteiger partial charge on any atom is -0.381 e. The summed E-state index contributed by atoms with van der Waals surface area (Å²) < 4.78 is 5.55. The Bertz CT molecular complexity index is 520. The molecule has 4 heteroatoms. The van der Waals surface area contributed by atoms with E-state index in [1.807, 2.05) is 18.2 Å². The Morgan fingerprint density at radius 2 is 1.88 bits per heavy atom. The molecule has 2 aliphatic rings. The van der Waals surface area contributed by atoms with Crippen LogP contribution < -0.4 is 5.32 Å². The summed E-state index contributed by atoms with van der Waals surface area (Å²) in [5.41, 5.74) is 0.694. The first-order chi connectivity index (χ1) is 11.7. The zero-order chi connectivity index (χ0) is 16.8. The van der Waals surface area contributed by atoms with Crippen LogP contribution in [0.15, 0.2) is 30.3 Å². The summed E-state index contributed by atoms with van der Waals surface area (Å²) in [5, 5.41) is 3.37. The molecule has 4 nitrogen and oxygen atoms in total. The maximum Gasteiger partial charge on any atom is 0.231 e. The number of carbonyl (C=O) groups excluding carboxylic acids is 1. The van der Waals surface area contributed by atoms with Crippen LogP contribution in [0.3, 0.4) is 0 Å². The lowest BCUT2D eigenvalue weighted by Crippen LogP contribution is -2.53. The molecule has 1 aromatic rings. The van der Waals surface area contributed by atoms with Crippen LogP contribution >= 0.6 is 0 Å². The van der Waals surface area contributed by atoms with Gasteiger partial charge in [-0.25, -0.2) is 0 Å². The number of ether oxygens (including phenoxy) is 1. The van der Waals surface area contributed by atoms with E-state index in [2.05, 4.69) is 29.3 Å². The van der Waals surface area contributed by atoms with Crippen molar-refractivity contribution in [3.05, 3.63) is 35.9 Å². The lowest BCUT2D eigenvalue weighted by atomic mass is 9.73. The quantitative estimate of drug-likeness (QED) is 0.872. The number of hydrogen-bond donors (Lipinski definition) is 1. The van der Waals surface area contributed by atoms with Crippen LogP contribution in [0.2, 0.25) is 0 Å². The number of nitrogens with zero attached hydrogens (tertiary/aromatic N) is 1. The molecule has 1 aromatic carbocycles. The highest BCUT2D eigenvalue weighted by atomic mass is 16.5. The van der Waals surface area contributed by atoms with Crippen LogP contribution in [0, 0.1) is 0 Å². The maximum atomic E-state index is 13.3. The molecule has 2 saturated heterocycles. The second-order valence-corrected chi connectivity index (χ2v) is 7.15. The summed E-state index contributed by atoms with van der Waals surface area (Å²) in [7, 11) is 0. The average molecular weight is 330 g/mol. The van der Waals surface area contributed by atoms with Gasteiger partial charge in [0.15, 0.2) is 0 Å². The molecule has 0 aliphatic carbocycles. The van der Waals surface area contributed by atoms with Gasteiger partial charge in [0.2, 0.25) is 5.91 Å². The molecule has 0 spiro atoms. The minimum atomic E-state index is -0.433. The van der Waals surface area contributed by atoms with E-state index < -0.39 is 5.41 Å². The van der Waals surface area contributed by atoms with Crippen molar-refractivity contribution in [1.82, 2.24) is 10.2 Å². The summed E-state index contributed by atoms with van der Waals surface area (Å²) in [6, 6.07) is 10.5. The highest BCUT2D eigenvalue weighted by molar-refractivity contribution is 5.88. The van der Waals surface area contributed by atoms with E-state index >= 15 is 0 Å². The molecule has 2 fully saturated rings. The third-order valence-corrected chi connectivity index (χ3v) is 5.61. The molecule has 24 heavy (non-hydrogen) atoms. The van der Waals surface area contributed by atoms with Crippen LogP contribution in [-0.4, -0.2) is 49.7 Å². The minimum absolute atomic E-state index is 0.183. The Morgan fingerprint density at radius 3 is 2.50 bits per heavy atom. The first-order valence-electron chi connectivity index (χ1n) is 9.41. The van der Waals surface area contributed by atoms with Gasteiger partial charge in [-0.15, -0.1) is 0 Å². The van der Waals surface area contributed by atoms with Gasteiger partial charge >= 0.3 is 0 Å². The van der Waals surface area contributed by atoms with Crippen molar-refractivity contribution in [1.29, 1.82) is 0 Å². The predicted molar refractivity (Wildman–Crippen MR) is 96.1 cm³/mol. The zero-order valence-electron chi connectivity index (χ0n) is 14.8. The molecule has 1 amide bonds. The van der Waals surface area contributed by atoms with E-state index in [9.17, 15) is 4.79 Å². The third-order valence-electron chi connectivity index (χ3n) is 5.61. The van der Waals surface area contributed by atoms with E-state index in [0.717, 1.165) is 31.4 Å². The van der Waals surface area contributed by atoms with E-state index in [1.54, 1.807) is 0 Å². The van der Waals surface area contributed by atoms with E-state index in [0.29, 0.717) is 13.2 Å². The molecule has 0 bridgehead atoms. The van der Waals surface area contributed by atoms with Crippen molar-refractivity contribution >= 4 is 5.91 Å². The highest BCUT2D eigenvalue weighted by Gasteiger charge is 2.42. The molecule has 2 aliphatic heterocycles. The molecular weight excluding hydrogens is 300 g/mol. The average Bonchev–Trinajstić information content (AvgIpc) is 3.15. The second kappa shape index (κ2) is 8.13. The summed E-state index contributed by atoms with van der Waals surface area (Å²) >= 11 is 0. The first-order valence-corrected chi connectivity index (χ1v) is 9.41. The Labute approximate surface area is 145 Å². The molecule has 0 aromatic heterocycles. The largest absolute Gasteiger partial charge is 0.381 e. The Morgan fingerprint density at radius 1 is 1.21 bits per heavy atom. The number of carbonyl (C=O) groups is 1. The van der Waals surface area contributed by atoms with Gasteiger partial charge in [-0.2, -0.15) is 0 Å². The second-order valence-electron chi connectivity index (χ2n) is 7.15. The van der Waals surface area contributed by atoms with Gasteiger partial charge in [-0.3, -0.25) is 4.79 Å². The molecule has 1 N–H and O–H groups in total. The summed E-state index contributed by atoms with van der Waals surface area (Å²) in [6.45, 7) is 6.80. The smallest absolute Gasteiger partial charge is 0.231 e. The van der Waals surface area contributed by atoms with Crippen LogP contribution in [0.25, 0.3) is 0 Å². The van der Waals surface area contributed by atoms with Gasteiger partial charge < -0.3 is 15.0 Å². The maximum absolute atomic E-state index is 13.3. The molecule has 0 saturated carbocycles. The molecule has 132 valence electrons. The van der Waals surface area contributed by atoms with Gasteiger partial charge in [0.05, 0.1) is 5.41 Å². The number of likely N-dealkylation sites (tertiary alicyclic amines) is 1. The van der Waals surface area contributed by atoms with Crippen molar-refractivity contribution in [3.63, 3.8) is 0 Å². The monoisotopic (exact) mass is 330 g/mol. The fourth-order valence-corrected chi connectivity index (χ4v) is 4.00. The van der Waals surface area contributed by atoms with Crippen molar-refractivity contribution in [2.45, 2.75) is 50.5 Å². The van der Waals surface area contributed by atoms with Gasteiger partial charge in [-0.1, -0.05) is 37.3 Å². The van der Waals surface area contributed by atoms with Crippen molar-refractivity contribution in [2.75, 3.05) is 32.8 Å². The van der Waals surface area contributed by atoms with Crippen LogP contribution in [0.5, 0.6) is 0 Å². The zero-order valence-corrected chi connectivity index (χ0v) is 14.8. The SMILES string of the molecule is CC[C@@H](CN1CCCC1)NC(=O)C1(c2ccccc2)CCOCC1. The number of benzene rings is 1. The van der Waals surface area contributed by atoms with Gasteiger partial charge in [0, 0.05) is 25.8 Å². The van der Waals surface area contributed by atoms with Gasteiger partial charge in [-0.05, 0) is 50.8 Å². The Balaban J connectivity index is 1.73. The van der Waals surface area contributed by atoms with Crippen molar-refractivity contribution < 1.29 is 9.53 Å². The van der Waals surface area contributed by atoms with Crippen LogP contribution in [0.4, 0.5) is 0 Å². The Kier molecular flexibility index (Phi) is 5.90. The normalized spacial score (nSPS) is 22.2. The van der Waals surface area contributed by atoms with Crippen LogP contribution in [0.1, 0.15) is 44.6 Å². The van der Waals surface area contributed by atoms with Gasteiger partial charge in [0.1, 0.15) is 0 Å². The molecule has 1 atom stereocenters. The van der Waals surface area contributed by atoms with Crippen LogP contribution in [-0.2, 0) is 14.9 Å². The predicted octanol–water partition coefficient (Wildman–Crippen LogP) is 2.73. The van der Waals surface area contributed by atoms with E-state index in [-0.39, 0.29) is 11.9 Å². The number of amides is 1. The number of nitrogens with one attached hydrogen (secondary N) is 1. The fourth-order valence-electron chi connectivity index (χ4n) is 4.00. The molecule has 2 heterocycles. The number of hydrogen-bond acceptors (Lipinski definition) is 3. The molecule has 0 unspecified atom stereocenters. The summed E-state index contributed by atoms with van der Waals surface area (Å²) in [4.78, 5) is 15.8. The highest BCUT2D eigenvalue weighted by Crippen LogP contribution is 2.35.